The smallest absolute Gasteiger partial charge is 0.344 e. The molecule has 0 fully saturated rings. The number of amides is 1. The summed E-state index contributed by atoms with van der Waals surface area (Å²) in [5, 5.41) is 2.71. The van der Waals surface area contributed by atoms with Crippen molar-refractivity contribution >= 4 is 51.9 Å². The first-order valence-electron chi connectivity index (χ1n) is 13.1. The highest BCUT2D eigenvalue weighted by Gasteiger charge is 2.28. The van der Waals surface area contributed by atoms with Crippen LogP contribution in [0.3, 0.4) is 0 Å². The number of nitrogen functional groups attached to an aromatic ring is 2. The minimum absolute atomic E-state index is 0. The van der Waals surface area contributed by atoms with Crippen molar-refractivity contribution in [3.05, 3.63) is 34.4 Å². The standard InChI is InChI=1S/C27H36ClN7O5.HI/c1-7-10-18(36)15-11-16-17(12-19(15)39-14-21(37)40-27(4,5)6)35(9-3)20(34(16)8-2)13-31-26(38)22-24(29)33-25(30)23(28)32-22;/h11-12H,7-10,13-14H2,1-6H3,(H4-,29,30,31,33,38);1H. The van der Waals surface area contributed by atoms with Crippen molar-refractivity contribution in [2.75, 3.05) is 18.1 Å². The molecule has 41 heavy (non-hydrogen) atoms. The highest BCUT2D eigenvalue weighted by atomic mass is 127. The van der Waals surface area contributed by atoms with Crippen molar-refractivity contribution in [2.45, 2.75) is 79.6 Å². The fourth-order valence-corrected chi connectivity index (χ4v) is 4.50. The number of carbonyl (C=O) groups is 3. The molecule has 0 bridgehead atoms. The summed E-state index contributed by atoms with van der Waals surface area (Å²) in [7, 11) is 0. The molecule has 3 rings (SSSR count). The number of benzene rings is 1. The van der Waals surface area contributed by atoms with E-state index in [1.807, 2.05) is 29.9 Å². The fraction of sp³-hybridized carbons (Fsp3) is 0.481. The normalized spacial score (nSPS) is 11.2. The highest BCUT2D eigenvalue weighted by Crippen LogP contribution is 2.28. The molecular formula is C27H37ClIN7O5. The molecule has 0 saturated carbocycles. The zero-order valence-corrected chi connectivity index (χ0v) is 27.1. The number of anilines is 2. The fourth-order valence-electron chi connectivity index (χ4n) is 4.37. The van der Waals surface area contributed by atoms with Crippen molar-refractivity contribution in [3.63, 3.8) is 0 Å². The van der Waals surface area contributed by atoms with Gasteiger partial charge in [0.05, 0.1) is 18.7 Å². The molecule has 0 aliphatic heterocycles. The van der Waals surface area contributed by atoms with Gasteiger partial charge in [-0.15, -0.1) is 0 Å². The summed E-state index contributed by atoms with van der Waals surface area (Å²) in [6.07, 6.45) is 0.981. The number of halogens is 2. The van der Waals surface area contributed by atoms with E-state index in [-0.39, 0.29) is 65.4 Å². The second kappa shape index (κ2) is 14.1. The van der Waals surface area contributed by atoms with Crippen LogP contribution in [-0.4, -0.2) is 44.4 Å². The maximum Gasteiger partial charge on any atom is 0.344 e. The third-order valence-electron chi connectivity index (χ3n) is 5.98. The van der Waals surface area contributed by atoms with Crippen molar-refractivity contribution < 1.29 is 52.4 Å². The second-order valence-electron chi connectivity index (χ2n) is 10.1. The van der Waals surface area contributed by atoms with E-state index in [1.165, 1.54) is 0 Å². The molecule has 0 aliphatic rings. The average molecular weight is 702 g/mol. The molecule has 14 heteroatoms. The summed E-state index contributed by atoms with van der Waals surface area (Å²) in [5.41, 5.74) is 12.6. The van der Waals surface area contributed by atoms with E-state index in [0.29, 0.717) is 37.2 Å². The summed E-state index contributed by atoms with van der Waals surface area (Å²) < 4.78 is 15.2. The first-order valence-corrected chi connectivity index (χ1v) is 13.5. The molecule has 3 aromatic rings. The summed E-state index contributed by atoms with van der Waals surface area (Å²) in [6.45, 7) is 12.1. The third kappa shape index (κ3) is 7.97. The molecule has 0 atom stereocenters. The van der Waals surface area contributed by atoms with E-state index in [2.05, 4.69) is 15.3 Å². The number of esters is 1. The van der Waals surface area contributed by atoms with Gasteiger partial charge in [0.25, 0.3) is 11.7 Å². The first kappa shape index (κ1) is 34.0. The lowest BCUT2D eigenvalue weighted by Crippen LogP contribution is -3.00. The number of imidazole rings is 1. The molecule has 0 saturated heterocycles. The molecular weight excluding hydrogens is 665 g/mol. The Kier molecular flexibility index (Phi) is 11.7. The van der Waals surface area contributed by atoms with E-state index in [1.54, 1.807) is 32.9 Å². The Morgan fingerprint density at radius 3 is 2.37 bits per heavy atom. The van der Waals surface area contributed by atoms with Gasteiger partial charge in [0.1, 0.15) is 17.9 Å². The number of fused-ring (bicyclic) bond motifs is 1. The summed E-state index contributed by atoms with van der Waals surface area (Å²) >= 11 is 5.94. The van der Waals surface area contributed by atoms with Crippen LogP contribution < -0.4 is 50.1 Å². The summed E-state index contributed by atoms with van der Waals surface area (Å²) in [5.74, 6) is -0.345. The second-order valence-corrected chi connectivity index (χ2v) is 10.5. The van der Waals surface area contributed by atoms with Gasteiger partial charge in [-0.05, 0) is 41.0 Å². The van der Waals surface area contributed by atoms with Gasteiger partial charge in [0, 0.05) is 18.6 Å². The number of nitrogens with zero attached hydrogens (tertiary/aromatic N) is 4. The van der Waals surface area contributed by atoms with Crippen molar-refractivity contribution in [1.29, 1.82) is 0 Å². The number of aromatic nitrogens is 4. The number of ketones is 1. The maximum atomic E-state index is 13.1. The Morgan fingerprint density at radius 2 is 1.78 bits per heavy atom. The molecule has 0 radical (unpaired) electrons. The minimum Gasteiger partial charge on any atom is -1.00 e. The van der Waals surface area contributed by atoms with Crippen LogP contribution in [0.5, 0.6) is 5.75 Å². The lowest BCUT2D eigenvalue weighted by Gasteiger charge is -2.19. The van der Waals surface area contributed by atoms with E-state index >= 15 is 0 Å². The van der Waals surface area contributed by atoms with E-state index in [4.69, 9.17) is 32.5 Å². The molecule has 2 heterocycles. The first-order chi connectivity index (χ1) is 18.8. The van der Waals surface area contributed by atoms with Crippen LogP contribution >= 0.6 is 11.6 Å². The van der Waals surface area contributed by atoms with Gasteiger partial charge < -0.3 is 50.2 Å². The SMILES string of the molecule is CCCC(=O)c1cc2c(cc1OCC(=O)OC(C)(C)C)[n+](CC)c(CNC(=O)c1nc(Cl)c(N)nc1N)n2CC.[I-]. The van der Waals surface area contributed by atoms with Gasteiger partial charge >= 0.3 is 5.97 Å². The minimum atomic E-state index is -0.665. The van der Waals surface area contributed by atoms with E-state index in [9.17, 15) is 14.4 Å². The number of Topliss-reactive ketones (excluding diaryl/α,β-unsaturated/α-hetero) is 1. The van der Waals surface area contributed by atoms with Crippen molar-refractivity contribution in [2.24, 2.45) is 0 Å². The van der Waals surface area contributed by atoms with Gasteiger partial charge in [-0.25, -0.2) is 23.9 Å². The Morgan fingerprint density at radius 1 is 1.10 bits per heavy atom. The molecule has 224 valence electrons. The lowest BCUT2D eigenvalue weighted by molar-refractivity contribution is -0.676. The number of hydrogen-bond donors (Lipinski definition) is 3. The molecule has 1 amide bonds. The van der Waals surface area contributed by atoms with E-state index < -0.39 is 17.5 Å². The molecule has 0 spiro atoms. The highest BCUT2D eigenvalue weighted by molar-refractivity contribution is 6.31. The molecule has 5 N–H and O–H groups in total. The number of carbonyl (C=O) groups excluding carboxylic acids is 3. The Hall–Kier alpha value is -3.20. The Labute approximate surface area is 261 Å². The van der Waals surface area contributed by atoms with Gasteiger partial charge in [0.15, 0.2) is 45.9 Å². The van der Waals surface area contributed by atoms with Gasteiger partial charge in [-0.2, -0.15) is 0 Å². The topological polar surface area (TPSA) is 168 Å². The number of nitrogens with two attached hydrogens (primary N) is 2. The van der Waals surface area contributed by atoms with Crippen LogP contribution in [0.4, 0.5) is 11.6 Å². The Bertz CT molecular complexity index is 1450. The van der Waals surface area contributed by atoms with Crippen molar-refractivity contribution in [1.82, 2.24) is 19.9 Å². The van der Waals surface area contributed by atoms with Crippen LogP contribution in [-0.2, 0) is 29.2 Å². The number of nitrogens with one attached hydrogen (secondary N) is 1. The molecule has 0 unspecified atom stereocenters. The largest absolute Gasteiger partial charge is 1.00 e. The van der Waals surface area contributed by atoms with Crippen LogP contribution in [0.15, 0.2) is 12.1 Å². The summed E-state index contributed by atoms with van der Waals surface area (Å²) in [4.78, 5) is 46.2. The lowest BCUT2D eigenvalue weighted by atomic mass is 10.0. The van der Waals surface area contributed by atoms with Crippen LogP contribution in [0, 0.1) is 0 Å². The molecule has 0 aliphatic carbocycles. The Balaban J connectivity index is 0.00000588. The average Bonchev–Trinajstić information content (AvgIpc) is 3.17. The maximum absolute atomic E-state index is 13.1. The number of aryl methyl sites for hydroxylation is 2. The number of hydrogen-bond acceptors (Lipinski definition) is 9. The predicted octanol–water partition coefficient (Wildman–Crippen LogP) is 0.214. The van der Waals surface area contributed by atoms with E-state index in [0.717, 1.165) is 16.9 Å². The van der Waals surface area contributed by atoms with Crippen LogP contribution in [0.1, 0.15) is 81.1 Å². The third-order valence-corrected chi connectivity index (χ3v) is 6.26. The zero-order chi connectivity index (χ0) is 29.8. The van der Waals surface area contributed by atoms with Gasteiger partial charge in [0.2, 0.25) is 0 Å². The van der Waals surface area contributed by atoms with Crippen molar-refractivity contribution in [3.8, 4) is 5.75 Å². The molecule has 12 nitrogen and oxygen atoms in total. The van der Waals surface area contributed by atoms with Crippen LogP contribution in [0.25, 0.3) is 11.0 Å². The summed E-state index contributed by atoms with van der Waals surface area (Å²) in [6, 6.07) is 3.54. The van der Waals surface area contributed by atoms with Gasteiger partial charge in [-0.1, -0.05) is 18.5 Å². The predicted molar refractivity (Wildman–Crippen MR) is 151 cm³/mol. The monoisotopic (exact) mass is 701 g/mol. The molecule has 2 aromatic heterocycles. The quantitative estimate of drug-likeness (QED) is 0.110. The van der Waals surface area contributed by atoms with Gasteiger partial charge in [-0.3, -0.25) is 9.59 Å². The number of rotatable bonds is 11. The molecule has 1 aromatic carbocycles. The number of ether oxygens (including phenoxy) is 2. The zero-order valence-electron chi connectivity index (χ0n) is 24.1. The van der Waals surface area contributed by atoms with Crippen LogP contribution in [0.2, 0.25) is 5.15 Å².